The number of nitrogens with zero attached hydrogens (tertiary/aromatic N) is 2. The van der Waals surface area contributed by atoms with Crippen LogP contribution >= 0.6 is 15.9 Å². The van der Waals surface area contributed by atoms with Gasteiger partial charge < -0.3 is 15.4 Å². The van der Waals surface area contributed by atoms with E-state index in [0.717, 1.165) is 33.3 Å². The fourth-order valence-electron chi connectivity index (χ4n) is 2.54. The van der Waals surface area contributed by atoms with Crippen LogP contribution in [0.25, 0.3) is 0 Å². The Bertz CT molecular complexity index is 714. The van der Waals surface area contributed by atoms with Crippen molar-refractivity contribution in [2.75, 3.05) is 4.90 Å². The number of halogens is 1. The normalized spacial score (nSPS) is 16.7. The minimum Gasteiger partial charge on any atom is -0.326 e. The average molecular weight is 344 g/mol. The third kappa shape index (κ3) is 2.39. The van der Waals surface area contributed by atoms with Gasteiger partial charge >= 0.3 is 0 Å². The first-order valence-electron chi connectivity index (χ1n) is 6.60. The Labute approximate surface area is 131 Å². The van der Waals surface area contributed by atoms with Crippen LogP contribution < -0.4 is 10.6 Å². The van der Waals surface area contributed by atoms with Gasteiger partial charge in [0.25, 0.3) is 0 Å². The number of hydrogen-bond acceptors (Lipinski definition) is 4. The van der Waals surface area contributed by atoms with E-state index in [0.29, 0.717) is 6.54 Å². The van der Waals surface area contributed by atoms with Crippen molar-refractivity contribution in [1.29, 1.82) is 0 Å². The maximum Gasteiger partial charge on any atom is 0.147 e. The van der Waals surface area contributed by atoms with Gasteiger partial charge in [0.05, 0.1) is 12.0 Å². The van der Waals surface area contributed by atoms with Crippen LogP contribution in [-0.4, -0.2) is 12.6 Å². The van der Waals surface area contributed by atoms with Gasteiger partial charge in [-0.15, -0.1) is 0 Å². The maximum atomic E-state index is 11.6. The first kappa shape index (κ1) is 14.0. The van der Waals surface area contributed by atoms with Crippen LogP contribution in [0, 0.1) is 0 Å². The molecule has 0 spiro atoms. The fourth-order valence-corrected chi connectivity index (χ4v) is 3.06. The fraction of sp³-hybridized carbons (Fsp3) is 0.125. The summed E-state index contributed by atoms with van der Waals surface area (Å²) in [6.07, 6.45) is 2.63. The van der Waals surface area contributed by atoms with Crippen molar-refractivity contribution in [1.82, 2.24) is 0 Å². The summed E-state index contributed by atoms with van der Waals surface area (Å²) in [5, 5.41) is 0. The molecule has 2 N–H and O–H groups in total. The Balaban J connectivity index is 2.13. The number of hydrogen-bond donors (Lipinski definition) is 1. The first-order chi connectivity index (χ1) is 10.3. The summed E-state index contributed by atoms with van der Waals surface area (Å²) < 4.78 is 0.930. The van der Waals surface area contributed by atoms with Crippen LogP contribution in [-0.2, 0) is 11.3 Å². The molecule has 1 aliphatic rings. The third-order valence-electron chi connectivity index (χ3n) is 3.58. The van der Waals surface area contributed by atoms with E-state index < -0.39 is 6.04 Å². The number of rotatable bonds is 3. The molecular weight excluding hydrogens is 330 g/mol. The molecule has 0 saturated carbocycles. The summed E-state index contributed by atoms with van der Waals surface area (Å²) in [5.41, 5.74) is 9.42. The molecule has 1 unspecified atom stereocenters. The summed E-state index contributed by atoms with van der Waals surface area (Å²) in [7, 11) is 0. The number of carbonyl (C=O) groups excluding carboxylic acids is 1. The van der Waals surface area contributed by atoms with Crippen molar-refractivity contribution < 1.29 is 4.79 Å². The van der Waals surface area contributed by atoms with Crippen molar-refractivity contribution >= 4 is 39.9 Å². The quantitative estimate of drug-likeness (QED) is 0.869. The number of anilines is 1. The van der Waals surface area contributed by atoms with Crippen LogP contribution in [0.15, 0.2) is 51.9 Å². The monoisotopic (exact) mass is 343 g/mol. The van der Waals surface area contributed by atoms with Crippen molar-refractivity contribution in [2.24, 2.45) is 10.7 Å². The summed E-state index contributed by atoms with van der Waals surface area (Å²) in [5.74, 6) is 0. The second kappa shape index (κ2) is 5.79. The van der Waals surface area contributed by atoms with Gasteiger partial charge in [-0.2, -0.15) is 0 Å². The van der Waals surface area contributed by atoms with Gasteiger partial charge in [-0.05, 0) is 18.2 Å². The van der Waals surface area contributed by atoms with Gasteiger partial charge in [-0.25, -0.2) is 4.99 Å². The average Bonchev–Trinajstić information content (AvgIpc) is 2.53. The summed E-state index contributed by atoms with van der Waals surface area (Å²) in [6.45, 7) is 0.383. The van der Waals surface area contributed by atoms with E-state index in [1.807, 2.05) is 47.4 Å². The molecule has 0 fully saturated rings. The largest absolute Gasteiger partial charge is 0.326 e. The van der Waals surface area contributed by atoms with E-state index in [1.165, 1.54) is 0 Å². The highest BCUT2D eigenvalue weighted by Gasteiger charge is 2.26. The van der Waals surface area contributed by atoms with Crippen LogP contribution in [0.1, 0.15) is 17.2 Å². The van der Waals surface area contributed by atoms with Gasteiger partial charge in [0.1, 0.15) is 12.3 Å². The zero-order valence-corrected chi connectivity index (χ0v) is 12.8. The van der Waals surface area contributed by atoms with Crippen molar-refractivity contribution in [3.8, 4) is 0 Å². The van der Waals surface area contributed by atoms with E-state index in [-0.39, 0.29) is 0 Å². The van der Waals surface area contributed by atoms with Crippen LogP contribution in [0.2, 0.25) is 0 Å². The number of fused-ring (bicyclic) bond motifs is 1. The van der Waals surface area contributed by atoms with E-state index in [2.05, 4.69) is 20.9 Å². The highest BCUT2D eigenvalue weighted by atomic mass is 79.9. The number of aldehydes is 1. The molecule has 106 valence electrons. The Morgan fingerprint density at radius 1 is 1.24 bits per heavy atom. The van der Waals surface area contributed by atoms with Gasteiger partial charge in [0.2, 0.25) is 0 Å². The maximum absolute atomic E-state index is 11.6. The SMILES string of the molecule is NCc1c(Br)cccc1N1C=Nc2ccccc2C1C=O. The van der Waals surface area contributed by atoms with Crippen LogP contribution in [0.4, 0.5) is 11.4 Å². The van der Waals surface area contributed by atoms with Crippen LogP contribution in [0.5, 0.6) is 0 Å². The molecule has 0 saturated heterocycles. The third-order valence-corrected chi connectivity index (χ3v) is 4.32. The highest BCUT2D eigenvalue weighted by Crippen LogP contribution is 2.37. The first-order valence-corrected chi connectivity index (χ1v) is 7.39. The van der Waals surface area contributed by atoms with Crippen LogP contribution in [0.3, 0.4) is 0 Å². The molecule has 21 heavy (non-hydrogen) atoms. The molecule has 0 aromatic heterocycles. The molecular formula is C16H14BrN3O. The van der Waals surface area contributed by atoms with Crippen molar-refractivity contribution in [2.45, 2.75) is 12.6 Å². The minimum absolute atomic E-state index is 0.383. The number of carbonyl (C=O) groups is 1. The standard InChI is InChI=1S/C16H14BrN3O/c17-13-5-3-7-15(12(13)8-18)20-10-19-14-6-2-1-4-11(14)16(20)9-21/h1-7,9-10,16H,8,18H2. The van der Waals surface area contributed by atoms with Gasteiger partial charge in [-0.1, -0.05) is 40.2 Å². The number of aliphatic imine (C=N–C) groups is 1. The molecule has 0 amide bonds. The summed E-state index contributed by atoms with van der Waals surface area (Å²) in [6, 6.07) is 13.1. The van der Waals surface area contributed by atoms with Gasteiger partial charge in [-0.3, -0.25) is 0 Å². The minimum atomic E-state index is -0.390. The van der Waals surface area contributed by atoms with E-state index in [9.17, 15) is 4.79 Å². The molecule has 5 heteroatoms. The van der Waals surface area contributed by atoms with Crippen molar-refractivity contribution in [3.05, 3.63) is 58.1 Å². The Morgan fingerprint density at radius 2 is 2.05 bits per heavy atom. The molecule has 2 aromatic rings. The lowest BCUT2D eigenvalue weighted by Crippen LogP contribution is -2.31. The Kier molecular flexibility index (Phi) is 3.86. The number of benzene rings is 2. The Morgan fingerprint density at radius 3 is 2.81 bits per heavy atom. The van der Waals surface area contributed by atoms with Gasteiger partial charge in [0, 0.05) is 27.8 Å². The summed E-state index contributed by atoms with van der Waals surface area (Å²) >= 11 is 3.51. The molecule has 0 bridgehead atoms. The molecule has 1 aliphatic heterocycles. The van der Waals surface area contributed by atoms with Crippen molar-refractivity contribution in [3.63, 3.8) is 0 Å². The number of para-hydroxylation sites is 1. The molecule has 2 aromatic carbocycles. The zero-order chi connectivity index (χ0) is 14.8. The number of nitrogens with two attached hydrogens (primary N) is 1. The predicted octanol–water partition coefficient (Wildman–Crippen LogP) is 3.33. The topological polar surface area (TPSA) is 58.7 Å². The van der Waals surface area contributed by atoms with E-state index in [4.69, 9.17) is 5.73 Å². The lowest BCUT2D eigenvalue weighted by Gasteiger charge is -2.32. The smallest absolute Gasteiger partial charge is 0.147 e. The molecule has 3 rings (SSSR count). The van der Waals surface area contributed by atoms with E-state index >= 15 is 0 Å². The highest BCUT2D eigenvalue weighted by molar-refractivity contribution is 9.10. The molecule has 0 aliphatic carbocycles. The van der Waals surface area contributed by atoms with E-state index in [1.54, 1.807) is 6.34 Å². The Hall–Kier alpha value is -1.98. The predicted molar refractivity (Wildman–Crippen MR) is 87.9 cm³/mol. The van der Waals surface area contributed by atoms with Gasteiger partial charge in [0.15, 0.2) is 0 Å². The lowest BCUT2D eigenvalue weighted by molar-refractivity contribution is -0.108. The lowest BCUT2D eigenvalue weighted by atomic mass is 10.0. The molecule has 0 radical (unpaired) electrons. The summed E-state index contributed by atoms with van der Waals surface area (Å²) in [4.78, 5) is 17.9. The molecule has 4 nitrogen and oxygen atoms in total. The zero-order valence-electron chi connectivity index (χ0n) is 11.2. The second-order valence-electron chi connectivity index (χ2n) is 4.73. The molecule has 1 heterocycles. The molecule has 1 atom stereocenters. The second-order valence-corrected chi connectivity index (χ2v) is 5.59.